The lowest BCUT2D eigenvalue weighted by Gasteiger charge is -2.32. The number of aromatic nitrogens is 2. The molecule has 0 radical (unpaired) electrons. The van der Waals surface area contributed by atoms with Crippen molar-refractivity contribution in [1.82, 2.24) is 25.5 Å². The lowest BCUT2D eigenvalue weighted by atomic mass is 10.0. The number of aromatic amines is 1. The fourth-order valence-electron chi connectivity index (χ4n) is 4.07. The zero-order chi connectivity index (χ0) is 28.7. The molecular weight excluding hydrogens is 481 g/mol. The number of imidazole rings is 1. The second kappa shape index (κ2) is 17.4. The van der Waals surface area contributed by atoms with Crippen molar-refractivity contribution >= 4 is 22.8 Å². The van der Waals surface area contributed by atoms with Crippen molar-refractivity contribution in [2.75, 3.05) is 13.1 Å². The number of carbonyl (C=O) groups is 2. The lowest BCUT2D eigenvalue weighted by molar-refractivity contribution is -0.129. The minimum Gasteiger partial charge on any atom is -0.375 e. The molecule has 8 heteroatoms. The first-order valence-electron chi connectivity index (χ1n) is 13.9. The third-order valence-electron chi connectivity index (χ3n) is 6.09. The molecular formula is C30H52FN5O2. The second-order valence-electron chi connectivity index (χ2n) is 9.77. The van der Waals surface area contributed by atoms with E-state index in [2.05, 4.69) is 52.5 Å². The minimum atomic E-state index is -0.734. The second-order valence-corrected chi connectivity index (χ2v) is 9.77. The molecule has 1 saturated heterocycles. The summed E-state index contributed by atoms with van der Waals surface area (Å²) in [4.78, 5) is 35.3. The largest absolute Gasteiger partial charge is 0.375 e. The number of para-hydroxylation sites is 1. The first-order chi connectivity index (χ1) is 18.2. The van der Waals surface area contributed by atoms with E-state index in [4.69, 9.17) is 0 Å². The molecule has 1 aliphatic heterocycles. The molecule has 1 aromatic carbocycles. The molecule has 0 saturated carbocycles. The monoisotopic (exact) mass is 533 g/mol. The number of nitrogens with zero attached hydrogens (tertiary/aromatic N) is 2. The number of nitrogens with one attached hydrogen (secondary N) is 3. The lowest BCUT2D eigenvalue weighted by Crippen LogP contribution is -2.48. The Morgan fingerprint density at radius 2 is 1.82 bits per heavy atom. The van der Waals surface area contributed by atoms with Crippen molar-refractivity contribution in [2.24, 2.45) is 5.92 Å². The topological polar surface area (TPSA) is 90.1 Å². The molecule has 7 nitrogen and oxygen atoms in total. The van der Waals surface area contributed by atoms with Gasteiger partial charge in [0.2, 0.25) is 11.8 Å². The van der Waals surface area contributed by atoms with Crippen LogP contribution in [0.5, 0.6) is 0 Å². The van der Waals surface area contributed by atoms with Gasteiger partial charge in [0, 0.05) is 34.5 Å². The molecule has 1 aromatic heterocycles. The average molecular weight is 534 g/mol. The van der Waals surface area contributed by atoms with Gasteiger partial charge in [0.05, 0.1) is 11.6 Å². The molecule has 216 valence electrons. The summed E-state index contributed by atoms with van der Waals surface area (Å²) in [6.07, 6.45) is 6.65. The average Bonchev–Trinajstić information content (AvgIpc) is 3.35. The maximum atomic E-state index is 14.0. The summed E-state index contributed by atoms with van der Waals surface area (Å²) in [6, 6.07) is 3.48. The number of hydrogen-bond acceptors (Lipinski definition) is 4. The number of H-pyrrole nitrogens is 1. The van der Waals surface area contributed by atoms with Gasteiger partial charge < -0.3 is 20.5 Å². The quantitative estimate of drug-likeness (QED) is 0.290. The number of rotatable bonds is 10. The molecule has 38 heavy (non-hydrogen) atoms. The Labute approximate surface area is 231 Å². The van der Waals surface area contributed by atoms with Crippen LogP contribution in [0.1, 0.15) is 94.8 Å². The first kappa shape index (κ1) is 32.9. The first-order valence-corrected chi connectivity index (χ1v) is 13.9. The highest BCUT2D eigenvalue weighted by Gasteiger charge is 2.26. The van der Waals surface area contributed by atoms with Crippen LogP contribution in [0.4, 0.5) is 4.39 Å². The van der Waals surface area contributed by atoms with Crippen LogP contribution in [0.2, 0.25) is 0 Å². The van der Waals surface area contributed by atoms with Gasteiger partial charge in [-0.25, -0.2) is 9.37 Å². The molecule has 2 atom stereocenters. The standard InChI is InChI=1S/C25H36FN5O2.C3H6.C2H6.2H2/c1-16(2)11-12-22(32)28-21(15-17(3)31-13-6-5-7-14-31)25(33)27-18(4)24-29-20-10-8-9-19(26)23(20)30-24;1-3-2;1-2;;/h8-10,16,18,21H,3,5-7,11-15H2,1-2,4H3,(H,27,33)(H,28,32)(H,29,30);3H,1H2,2H3;1-2H3;2*1H/t18-,21-;;;;/m0..../s1. The van der Waals surface area contributed by atoms with Crippen molar-refractivity contribution in [2.45, 2.75) is 92.2 Å². The van der Waals surface area contributed by atoms with Gasteiger partial charge in [0.1, 0.15) is 17.4 Å². The summed E-state index contributed by atoms with van der Waals surface area (Å²) in [5.41, 5.74) is 1.67. The molecule has 0 bridgehead atoms. The van der Waals surface area contributed by atoms with Gasteiger partial charge in [0.25, 0.3) is 0 Å². The molecule has 2 amide bonds. The molecule has 2 heterocycles. The summed E-state index contributed by atoms with van der Waals surface area (Å²) < 4.78 is 14.0. The van der Waals surface area contributed by atoms with Crippen LogP contribution in [-0.2, 0) is 9.59 Å². The Bertz CT molecular complexity index is 1040. The van der Waals surface area contributed by atoms with Crippen molar-refractivity contribution in [1.29, 1.82) is 0 Å². The number of fused-ring (bicyclic) bond motifs is 1. The highest BCUT2D eigenvalue weighted by atomic mass is 19.1. The Morgan fingerprint density at radius 1 is 1.18 bits per heavy atom. The van der Waals surface area contributed by atoms with Crippen LogP contribution in [0.25, 0.3) is 11.0 Å². The number of hydrogen-bond donors (Lipinski definition) is 3. The van der Waals surface area contributed by atoms with Crippen LogP contribution >= 0.6 is 0 Å². The Kier molecular flexibility index (Phi) is 15.0. The zero-order valence-electron chi connectivity index (χ0n) is 24.2. The minimum absolute atomic E-state index is 0. The van der Waals surface area contributed by atoms with Crippen molar-refractivity contribution in [3.63, 3.8) is 0 Å². The molecule has 3 rings (SSSR count). The number of piperidine rings is 1. The van der Waals surface area contributed by atoms with Gasteiger partial charge >= 0.3 is 0 Å². The fourth-order valence-corrected chi connectivity index (χ4v) is 4.07. The molecule has 1 aliphatic rings. The number of halogens is 1. The molecule has 1 fully saturated rings. The summed E-state index contributed by atoms with van der Waals surface area (Å²) in [7, 11) is 0. The zero-order valence-corrected chi connectivity index (χ0v) is 24.2. The van der Waals surface area contributed by atoms with E-state index in [1.54, 1.807) is 25.1 Å². The van der Waals surface area contributed by atoms with Gasteiger partial charge in [-0.1, -0.05) is 46.4 Å². The highest BCUT2D eigenvalue weighted by Crippen LogP contribution is 2.20. The summed E-state index contributed by atoms with van der Waals surface area (Å²) >= 11 is 0. The number of amides is 2. The van der Waals surface area contributed by atoms with Gasteiger partial charge in [-0.15, -0.1) is 6.58 Å². The molecule has 0 aliphatic carbocycles. The SMILES string of the molecule is C=C(C[C@H](NC(=O)CCC(C)C)C(=O)N[C@@H](C)c1nc2c(F)cccc2[nH]1)N1CCCCC1.C=CC.CC.[HH].[HH]. The van der Waals surface area contributed by atoms with E-state index in [1.807, 2.05) is 20.8 Å². The van der Waals surface area contributed by atoms with E-state index in [0.717, 1.165) is 38.0 Å². The van der Waals surface area contributed by atoms with Crippen molar-refractivity contribution in [3.05, 3.63) is 54.8 Å². The summed E-state index contributed by atoms with van der Waals surface area (Å²) in [5, 5.41) is 5.83. The predicted molar refractivity (Wildman–Crippen MR) is 159 cm³/mol. The van der Waals surface area contributed by atoms with Gasteiger partial charge in [-0.2, -0.15) is 0 Å². The smallest absolute Gasteiger partial charge is 0.243 e. The van der Waals surface area contributed by atoms with Crippen molar-refractivity contribution in [3.8, 4) is 0 Å². The normalized spacial score (nSPS) is 14.4. The van der Waals surface area contributed by atoms with Gasteiger partial charge in [0.15, 0.2) is 5.82 Å². The Hall–Kier alpha value is -3.16. The summed E-state index contributed by atoms with van der Waals surface area (Å²) in [5.74, 6) is -0.00192. The Morgan fingerprint density at radius 3 is 2.39 bits per heavy atom. The van der Waals surface area contributed by atoms with Crippen LogP contribution in [-0.4, -0.2) is 45.8 Å². The third kappa shape index (κ3) is 10.7. The number of carbonyl (C=O) groups excluding carboxylic acids is 2. The van der Waals surface area contributed by atoms with Crippen LogP contribution in [0.3, 0.4) is 0 Å². The van der Waals surface area contributed by atoms with E-state index in [0.29, 0.717) is 30.1 Å². The van der Waals surface area contributed by atoms with E-state index < -0.39 is 17.9 Å². The van der Waals surface area contributed by atoms with Gasteiger partial charge in [-0.05, 0) is 57.6 Å². The van der Waals surface area contributed by atoms with Crippen molar-refractivity contribution < 1.29 is 16.8 Å². The van der Waals surface area contributed by atoms with Gasteiger partial charge in [-0.3, -0.25) is 9.59 Å². The van der Waals surface area contributed by atoms with E-state index in [9.17, 15) is 14.0 Å². The van der Waals surface area contributed by atoms with E-state index in [-0.39, 0.29) is 20.2 Å². The molecule has 0 spiro atoms. The highest BCUT2D eigenvalue weighted by molar-refractivity contribution is 5.88. The molecule has 2 aromatic rings. The number of benzene rings is 1. The van der Waals surface area contributed by atoms with Crippen LogP contribution in [0.15, 0.2) is 43.1 Å². The molecule has 0 unspecified atom stereocenters. The molecule has 3 N–H and O–H groups in total. The predicted octanol–water partition coefficient (Wildman–Crippen LogP) is 6.90. The van der Waals surface area contributed by atoms with E-state index in [1.165, 1.54) is 12.5 Å². The number of allylic oxidation sites excluding steroid dienone is 1. The number of likely N-dealkylation sites (tertiary alicyclic amines) is 1. The third-order valence-corrected chi connectivity index (χ3v) is 6.09. The van der Waals surface area contributed by atoms with E-state index >= 15 is 0 Å². The van der Waals surface area contributed by atoms with Crippen LogP contribution in [0, 0.1) is 11.7 Å². The summed E-state index contributed by atoms with van der Waals surface area (Å²) in [6.45, 7) is 21.2. The Balaban J connectivity index is 0. The van der Waals surface area contributed by atoms with Crippen LogP contribution < -0.4 is 10.6 Å². The maximum absolute atomic E-state index is 14.0. The maximum Gasteiger partial charge on any atom is 0.243 e. The fraction of sp³-hybridized carbons (Fsp3) is 0.567.